The minimum atomic E-state index is -1.11. The van der Waals surface area contributed by atoms with Crippen molar-refractivity contribution in [3.63, 3.8) is 0 Å². The van der Waals surface area contributed by atoms with Crippen LogP contribution in [0.2, 0.25) is 0 Å². The number of Topliss-reactive ketones (excluding diaryl/α,β-unsaturated/α-hetero) is 1. The van der Waals surface area contributed by atoms with Gasteiger partial charge in [-0.1, -0.05) is 180 Å². The molecule has 0 unspecified atom stereocenters. The average molecular weight is 993 g/mol. The van der Waals surface area contributed by atoms with Crippen LogP contribution in [0.1, 0.15) is 126 Å². The Morgan fingerprint density at radius 3 is 1.42 bits per heavy atom. The Labute approximate surface area is 423 Å². The van der Waals surface area contributed by atoms with Crippen molar-refractivity contribution in [2.24, 2.45) is 11.8 Å². The third-order valence-electron chi connectivity index (χ3n) is 11.7. The van der Waals surface area contributed by atoms with Crippen molar-refractivity contribution < 1.29 is 52.5 Å². The normalized spacial score (nSPS) is 12.6. The van der Waals surface area contributed by atoms with Crippen molar-refractivity contribution >= 4 is 53.2 Å². The number of hydrogen-bond donors (Lipinski definition) is 2. The molecule has 14 heteroatoms. The highest BCUT2D eigenvalue weighted by atomic mass is 32.2. The molecule has 2 amide bonds. The number of amides is 2. The topological polar surface area (TPSA) is 180 Å². The van der Waals surface area contributed by atoms with Gasteiger partial charge in [0.1, 0.15) is 44.3 Å². The van der Waals surface area contributed by atoms with Crippen LogP contribution in [0.25, 0.3) is 0 Å². The summed E-state index contributed by atoms with van der Waals surface area (Å²) in [5.74, 6) is -5.79. The van der Waals surface area contributed by atoms with Crippen LogP contribution in [0.15, 0.2) is 121 Å². The van der Waals surface area contributed by atoms with Crippen molar-refractivity contribution in [1.29, 1.82) is 0 Å². The molecule has 0 bridgehead atoms. The van der Waals surface area contributed by atoms with Crippen LogP contribution in [0, 0.1) is 11.8 Å². The number of nitrogens with one attached hydrogen (secondary N) is 2. The largest absolute Gasteiger partial charge is 0.461 e. The highest BCUT2D eigenvalue weighted by Gasteiger charge is 2.30. The Morgan fingerprint density at radius 1 is 0.479 bits per heavy atom. The molecule has 0 aliphatic carbocycles. The van der Waals surface area contributed by atoms with E-state index in [1.54, 1.807) is 12.1 Å². The van der Waals surface area contributed by atoms with Gasteiger partial charge in [0.05, 0.1) is 18.3 Å². The van der Waals surface area contributed by atoms with E-state index in [4.69, 9.17) is 18.9 Å². The molecule has 13 nitrogen and oxygen atoms in total. The summed E-state index contributed by atoms with van der Waals surface area (Å²) in [4.78, 5) is 94.2. The van der Waals surface area contributed by atoms with Gasteiger partial charge in [0, 0.05) is 30.8 Å². The van der Waals surface area contributed by atoms with Crippen LogP contribution in [-0.2, 0) is 78.9 Å². The number of esters is 4. The molecule has 4 atom stereocenters. The number of thioether (sulfide) groups is 1. The maximum atomic E-state index is 14.0. The average Bonchev–Trinajstić information content (AvgIpc) is 3.39. The lowest BCUT2D eigenvalue weighted by molar-refractivity contribution is -0.155. The third kappa shape index (κ3) is 24.4. The number of benzene rings is 4. The first kappa shape index (κ1) is 57.3. The zero-order valence-corrected chi connectivity index (χ0v) is 42.2. The van der Waals surface area contributed by atoms with Gasteiger partial charge < -0.3 is 29.6 Å². The predicted molar refractivity (Wildman–Crippen MR) is 274 cm³/mol. The predicted octanol–water partition coefficient (Wildman–Crippen LogP) is 9.97. The monoisotopic (exact) mass is 992 g/mol. The third-order valence-corrected chi connectivity index (χ3v) is 13.0. The molecule has 0 spiro atoms. The van der Waals surface area contributed by atoms with Gasteiger partial charge in [-0.15, -0.1) is 0 Å². The fraction of sp³-hybridized carbons (Fsp3) is 0.456. The fourth-order valence-electron chi connectivity index (χ4n) is 7.50. The van der Waals surface area contributed by atoms with Gasteiger partial charge >= 0.3 is 23.9 Å². The SMILES string of the molecule is CCCCCCCCCCCC(=O)N[C@H](CCC(=O)C[C@H](CSC[C@H](CC(=O)OCc1ccccc1)C(=O)OCc1ccccc1)C(=O)N[C@H](C)C(=O)OCc1ccccc1)C(=O)OCc1ccccc1. The molecule has 71 heavy (non-hydrogen) atoms. The second kappa shape index (κ2) is 34.1. The van der Waals surface area contributed by atoms with E-state index in [1.165, 1.54) is 50.8 Å². The second-order valence-corrected chi connectivity index (χ2v) is 18.8. The highest BCUT2D eigenvalue weighted by molar-refractivity contribution is 7.99. The van der Waals surface area contributed by atoms with Gasteiger partial charge in [0.2, 0.25) is 11.8 Å². The van der Waals surface area contributed by atoms with Crippen molar-refractivity contribution in [2.75, 3.05) is 11.5 Å². The summed E-state index contributed by atoms with van der Waals surface area (Å²) in [6.07, 6.45) is 9.18. The molecule has 0 saturated heterocycles. The Kier molecular flexibility index (Phi) is 27.5. The summed E-state index contributed by atoms with van der Waals surface area (Å²) < 4.78 is 22.2. The van der Waals surface area contributed by atoms with Crippen molar-refractivity contribution in [3.8, 4) is 0 Å². The number of unbranched alkanes of at least 4 members (excludes halogenated alkanes) is 8. The minimum Gasteiger partial charge on any atom is -0.461 e. The van der Waals surface area contributed by atoms with E-state index in [2.05, 4.69) is 17.6 Å². The Morgan fingerprint density at radius 2 is 0.915 bits per heavy atom. The number of carbonyl (C=O) groups excluding carboxylic acids is 7. The molecule has 4 aromatic rings. The van der Waals surface area contributed by atoms with E-state index in [-0.39, 0.29) is 81.7 Å². The summed E-state index contributed by atoms with van der Waals surface area (Å²) in [7, 11) is 0. The molecule has 4 rings (SSSR count). The molecule has 0 aliphatic heterocycles. The molecule has 0 aliphatic rings. The molecule has 0 aromatic heterocycles. The number of hydrogen-bond acceptors (Lipinski definition) is 12. The van der Waals surface area contributed by atoms with Crippen molar-refractivity contribution in [1.82, 2.24) is 10.6 Å². The summed E-state index contributed by atoms with van der Waals surface area (Å²) in [6.45, 7) is 3.66. The Hall–Kier alpha value is -6.28. The highest BCUT2D eigenvalue weighted by Crippen LogP contribution is 2.23. The van der Waals surface area contributed by atoms with E-state index < -0.39 is 53.7 Å². The van der Waals surface area contributed by atoms with Gasteiger partial charge in [-0.05, 0) is 42.0 Å². The molecule has 0 fully saturated rings. The Balaban J connectivity index is 1.43. The number of carbonyl (C=O) groups is 7. The van der Waals surface area contributed by atoms with E-state index in [0.29, 0.717) is 6.42 Å². The first-order valence-electron chi connectivity index (χ1n) is 25.0. The van der Waals surface area contributed by atoms with Crippen LogP contribution < -0.4 is 10.6 Å². The van der Waals surface area contributed by atoms with Crippen molar-refractivity contribution in [2.45, 2.75) is 142 Å². The van der Waals surface area contributed by atoms with Crippen LogP contribution in [0.5, 0.6) is 0 Å². The van der Waals surface area contributed by atoms with Crippen LogP contribution >= 0.6 is 11.8 Å². The molecule has 0 radical (unpaired) electrons. The van der Waals surface area contributed by atoms with Crippen molar-refractivity contribution in [3.05, 3.63) is 144 Å². The summed E-state index contributed by atoms with van der Waals surface area (Å²) in [6, 6.07) is 34.3. The van der Waals surface area contributed by atoms with E-state index in [0.717, 1.165) is 41.5 Å². The van der Waals surface area contributed by atoms with Crippen LogP contribution in [-0.4, -0.2) is 65.1 Å². The molecular formula is C57H72N2O11S. The quantitative estimate of drug-likeness (QED) is 0.0253. The number of ether oxygens (including phenoxy) is 4. The Bertz CT molecular complexity index is 2190. The minimum absolute atomic E-state index is 0.00211. The summed E-state index contributed by atoms with van der Waals surface area (Å²) in [5, 5.41) is 5.50. The number of ketones is 1. The van der Waals surface area contributed by atoms with Gasteiger partial charge in [-0.25, -0.2) is 9.59 Å². The molecule has 0 heterocycles. The first-order valence-corrected chi connectivity index (χ1v) is 26.2. The molecule has 382 valence electrons. The zero-order valence-electron chi connectivity index (χ0n) is 41.4. The number of rotatable bonds is 35. The van der Waals surface area contributed by atoms with E-state index in [9.17, 15) is 33.6 Å². The smallest absolute Gasteiger partial charge is 0.328 e. The van der Waals surface area contributed by atoms with Gasteiger partial charge in [0.15, 0.2) is 0 Å². The van der Waals surface area contributed by atoms with E-state index >= 15 is 0 Å². The fourth-order valence-corrected chi connectivity index (χ4v) is 8.73. The first-order chi connectivity index (χ1) is 34.5. The second-order valence-electron chi connectivity index (χ2n) is 17.8. The lowest BCUT2D eigenvalue weighted by atomic mass is 9.98. The van der Waals surface area contributed by atoms with Gasteiger partial charge in [-0.3, -0.25) is 24.0 Å². The van der Waals surface area contributed by atoms with Gasteiger partial charge in [0.25, 0.3) is 0 Å². The standard InChI is InChI=1S/C57H72N2O11S/c1-3-4-5-6-7-8-9-10-23-32-52(61)59-51(57(66)70-40-47-30-21-14-22-31-47)34-33-50(60)35-48(54(63)58-43(2)55(64)68-38-45-26-17-12-18-27-45)41-71-42-49(56(65)69-39-46-28-19-13-20-29-46)36-53(62)67-37-44-24-15-11-16-25-44/h11-22,24-31,43,48-49,51H,3-10,23,32-42H2,1-2H3,(H,58,63)(H,59,61)/t43-,48-,49+,51-/m1/s1. The molecular weight excluding hydrogens is 921 g/mol. The lowest BCUT2D eigenvalue weighted by Gasteiger charge is -2.21. The zero-order chi connectivity index (χ0) is 50.9. The van der Waals surface area contributed by atoms with Gasteiger partial charge in [-0.2, -0.15) is 11.8 Å². The molecule has 0 saturated carbocycles. The molecule has 2 N–H and O–H groups in total. The summed E-state index contributed by atoms with van der Waals surface area (Å²) in [5.41, 5.74) is 3.07. The van der Waals surface area contributed by atoms with Crippen LogP contribution in [0.3, 0.4) is 0 Å². The maximum absolute atomic E-state index is 14.0. The summed E-state index contributed by atoms with van der Waals surface area (Å²) >= 11 is 1.18. The lowest BCUT2D eigenvalue weighted by Crippen LogP contribution is -2.44. The van der Waals surface area contributed by atoms with Crippen LogP contribution in [0.4, 0.5) is 0 Å². The molecule has 4 aromatic carbocycles. The van der Waals surface area contributed by atoms with E-state index in [1.807, 2.05) is 109 Å². The maximum Gasteiger partial charge on any atom is 0.328 e.